The Bertz CT molecular complexity index is 458. The molecule has 1 N–H and O–H groups in total. The Morgan fingerprint density at radius 3 is 2.95 bits per heavy atom. The van der Waals surface area contributed by atoms with Crippen LogP contribution in [0.1, 0.15) is 36.8 Å². The molecule has 1 aromatic rings. The van der Waals surface area contributed by atoms with Crippen LogP contribution in [0.3, 0.4) is 0 Å². The van der Waals surface area contributed by atoms with Crippen LogP contribution in [0.5, 0.6) is 5.75 Å². The van der Waals surface area contributed by atoms with Crippen LogP contribution in [-0.4, -0.2) is 20.2 Å². The number of methoxy groups -OCH3 is 1. The quantitative estimate of drug-likeness (QED) is 0.903. The smallest absolute Gasteiger partial charge is 0.122 e. The van der Waals surface area contributed by atoms with Crippen molar-refractivity contribution in [1.29, 1.82) is 5.26 Å². The van der Waals surface area contributed by atoms with Gasteiger partial charge in [0.05, 0.1) is 19.1 Å². The van der Waals surface area contributed by atoms with Gasteiger partial charge in [0.25, 0.3) is 0 Å². The lowest BCUT2D eigenvalue weighted by molar-refractivity contribution is 0.354. The molecule has 19 heavy (non-hydrogen) atoms. The molecule has 1 aliphatic rings. The maximum atomic E-state index is 9.51. The van der Waals surface area contributed by atoms with E-state index >= 15 is 0 Å². The zero-order valence-corrected chi connectivity index (χ0v) is 11.8. The minimum Gasteiger partial charge on any atom is -0.496 e. The highest BCUT2D eigenvalue weighted by Gasteiger charge is 2.25. The van der Waals surface area contributed by atoms with E-state index in [0.29, 0.717) is 5.92 Å². The van der Waals surface area contributed by atoms with Crippen molar-refractivity contribution >= 4 is 0 Å². The molecule has 0 amide bonds. The van der Waals surface area contributed by atoms with E-state index < -0.39 is 0 Å². The highest BCUT2D eigenvalue weighted by molar-refractivity contribution is 5.40. The zero-order valence-electron chi connectivity index (χ0n) is 11.8. The summed E-state index contributed by atoms with van der Waals surface area (Å²) in [6.45, 7) is 4.15. The monoisotopic (exact) mass is 258 g/mol. The van der Waals surface area contributed by atoms with Gasteiger partial charge in [-0.15, -0.1) is 0 Å². The Kier molecular flexibility index (Phi) is 4.81. The van der Waals surface area contributed by atoms with Crippen molar-refractivity contribution in [2.24, 2.45) is 5.92 Å². The van der Waals surface area contributed by atoms with Crippen LogP contribution in [0.25, 0.3) is 0 Å². The topological polar surface area (TPSA) is 45.0 Å². The average Bonchev–Trinajstić information content (AvgIpc) is 2.49. The molecule has 1 aromatic carbocycles. The van der Waals surface area contributed by atoms with E-state index in [9.17, 15) is 5.26 Å². The molecule has 1 heterocycles. The van der Waals surface area contributed by atoms with E-state index in [0.717, 1.165) is 37.2 Å². The fourth-order valence-corrected chi connectivity index (χ4v) is 2.88. The highest BCUT2D eigenvalue weighted by atomic mass is 16.5. The molecule has 0 radical (unpaired) electrons. The van der Waals surface area contributed by atoms with Gasteiger partial charge in [-0.1, -0.05) is 19.1 Å². The van der Waals surface area contributed by atoms with Crippen molar-refractivity contribution in [2.75, 3.05) is 20.2 Å². The second-order valence-corrected chi connectivity index (χ2v) is 5.14. The molecule has 0 spiro atoms. The summed E-state index contributed by atoms with van der Waals surface area (Å²) < 4.78 is 5.35. The molecule has 102 valence electrons. The molecule has 2 atom stereocenters. The second kappa shape index (κ2) is 6.58. The van der Waals surface area contributed by atoms with Gasteiger partial charge in [0.1, 0.15) is 5.75 Å². The summed E-state index contributed by atoms with van der Waals surface area (Å²) in [5, 5.41) is 12.9. The molecule has 0 bridgehead atoms. The van der Waals surface area contributed by atoms with Gasteiger partial charge in [-0.3, -0.25) is 0 Å². The lowest BCUT2D eigenvalue weighted by Gasteiger charge is -2.27. The van der Waals surface area contributed by atoms with Gasteiger partial charge in [0.2, 0.25) is 0 Å². The van der Waals surface area contributed by atoms with Gasteiger partial charge in [-0.05, 0) is 55.5 Å². The number of nitriles is 1. The van der Waals surface area contributed by atoms with Crippen molar-refractivity contribution < 1.29 is 4.74 Å². The normalized spacial score (nSPS) is 20.6. The third-order valence-electron chi connectivity index (χ3n) is 3.99. The number of nitrogens with one attached hydrogen (secondary N) is 1. The molecule has 0 aliphatic carbocycles. The average molecular weight is 258 g/mol. The fourth-order valence-electron chi connectivity index (χ4n) is 2.88. The summed E-state index contributed by atoms with van der Waals surface area (Å²) in [5.41, 5.74) is 2.32. The predicted molar refractivity (Wildman–Crippen MR) is 76.3 cm³/mol. The number of nitrogens with zero attached hydrogens (tertiary/aromatic N) is 1. The minimum atomic E-state index is -0.0102. The molecule has 2 unspecified atom stereocenters. The lowest BCUT2D eigenvalue weighted by Crippen LogP contribution is -2.33. The molecule has 2 rings (SSSR count). The molecule has 1 fully saturated rings. The third kappa shape index (κ3) is 3.08. The first-order valence-electron chi connectivity index (χ1n) is 7.07. The molecule has 3 heteroatoms. The van der Waals surface area contributed by atoms with Crippen molar-refractivity contribution in [3.05, 3.63) is 29.3 Å². The second-order valence-electron chi connectivity index (χ2n) is 5.14. The fraction of sp³-hybridized carbons (Fsp3) is 0.562. The van der Waals surface area contributed by atoms with Crippen molar-refractivity contribution in [3.8, 4) is 11.8 Å². The molecule has 1 aliphatic heterocycles. The van der Waals surface area contributed by atoms with Gasteiger partial charge < -0.3 is 10.1 Å². The highest BCUT2D eigenvalue weighted by Crippen LogP contribution is 2.32. The van der Waals surface area contributed by atoms with Gasteiger partial charge in [0, 0.05) is 0 Å². The van der Waals surface area contributed by atoms with Crippen molar-refractivity contribution in [2.45, 2.75) is 32.1 Å². The van der Waals surface area contributed by atoms with E-state index in [4.69, 9.17) is 4.74 Å². The number of benzene rings is 1. The Hall–Kier alpha value is -1.53. The molecular weight excluding hydrogens is 236 g/mol. The van der Waals surface area contributed by atoms with E-state index in [1.54, 1.807) is 7.11 Å². The summed E-state index contributed by atoms with van der Waals surface area (Å²) in [7, 11) is 1.70. The Morgan fingerprint density at radius 1 is 1.53 bits per heavy atom. The maximum absolute atomic E-state index is 9.51. The van der Waals surface area contributed by atoms with Crippen molar-refractivity contribution in [1.82, 2.24) is 5.32 Å². The molecule has 3 nitrogen and oxygen atoms in total. The van der Waals surface area contributed by atoms with Crippen LogP contribution in [0.2, 0.25) is 0 Å². The Balaban J connectivity index is 2.25. The van der Waals surface area contributed by atoms with Gasteiger partial charge in [-0.2, -0.15) is 5.26 Å². The molecule has 0 aromatic heterocycles. The zero-order chi connectivity index (χ0) is 13.7. The van der Waals surface area contributed by atoms with E-state index in [1.165, 1.54) is 12.0 Å². The predicted octanol–water partition coefficient (Wildman–Crippen LogP) is 2.86. The van der Waals surface area contributed by atoms with Crippen LogP contribution in [0, 0.1) is 17.2 Å². The minimum absolute atomic E-state index is 0.0102. The molecule has 1 saturated heterocycles. The van der Waals surface area contributed by atoms with E-state index in [2.05, 4.69) is 24.4 Å². The summed E-state index contributed by atoms with van der Waals surface area (Å²) >= 11 is 0. The van der Waals surface area contributed by atoms with Gasteiger partial charge in [0.15, 0.2) is 0 Å². The van der Waals surface area contributed by atoms with Crippen LogP contribution < -0.4 is 10.1 Å². The third-order valence-corrected chi connectivity index (χ3v) is 3.99. The Labute approximate surface area is 115 Å². The summed E-state index contributed by atoms with van der Waals surface area (Å²) in [6.07, 6.45) is 3.23. The number of ether oxygens (including phenoxy) is 1. The van der Waals surface area contributed by atoms with E-state index in [-0.39, 0.29) is 5.92 Å². The first-order chi connectivity index (χ1) is 9.30. The van der Waals surface area contributed by atoms with Crippen LogP contribution >= 0.6 is 0 Å². The molecule has 0 saturated carbocycles. The number of piperidine rings is 1. The van der Waals surface area contributed by atoms with Crippen LogP contribution in [0.15, 0.2) is 18.2 Å². The standard InChI is InChI=1S/C16H22N2O/c1-3-12-9-13(6-7-16(12)19-2)15(10-17)14-5-4-8-18-11-14/h6-7,9,14-15,18H,3-5,8,11H2,1-2H3. The van der Waals surface area contributed by atoms with E-state index in [1.807, 2.05) is 12.1 Å². The molecular formula is C16H22N2O. The maximum Gasteiger partial charge on any atom is 0.122 e. The summed E-state index contributed by atoms with van der Waals surface area (Å²) in [5.74, 6) is 1.34. The van der Waals surface area contributed by atoms with Gasteiger partial charge >= 0.3 is 0 Å². The number of hydrogen-bond donors (Lipinski definition) is 1. The number of rotatable bonds is 4. The largest absolute Gasteiger partial charge is 0.496 e. The first kappa shape index (κ1) is 13.9. The SMILES string of the molecule is CCc1cc(C(C#N)C2CCCNC2)ccc1OC. The summed E-state index contributed by atoms with van der Waals surface area (Å²) in [4.78, 5) is 0. The van der Waals surface area contributed by atoms with Crippen LogP contribution in [-0.2, 0) is 6.42 Å². The van der Waals surface area contributed by atoms with Crippen molar-refractivity contribution in [3.63, 3.8) is 0 Å². The number of aryl methyl sites for hydroxylation is 1. The summed E-state index contributed by atoms with van der Waals surface area (Å²) in [6, 6.07) is 8.67. The van der Waals surface area contributed by atoms with Gasteiger partial charge in [-0.25, -0.2) is 0 Å². The lowest BCUT2D eigenvalue weighted by atomic mass is 9.82. The first-order valence-corrected chi connectivity index (χ1v) is 7.07. The number of hydrogen-bond acceptors (Lipinski definition) is 3. The van der Waals surface area contributed by atoms with Crippen LogP contribution in [0.4, 0.5) is 0 Å². The Morgan fingerprint density at radius 2 is 2.37 bits per heavy atom.